The number of pyridine rings is 1. The van der Waals surface area contributed by atoms with Gasteiger partial charge in [0.25, 0.3) is 0 Å². The van der Waals surface area contributed by atoms with Gasteiger partial charge in [0.2, 0.25) is 0 Å². The van der Waals surface area contributed by atoms with Gasteiger partial charge in [0.05, 0.1) is 12.7 Å². The highest BCUT2D eigenvalue weighted by Crippen LogP contribution is 2.25. The zero-order valence-electron chi connectivity index (χ0n) is 10.2. The number of rotatable bonds is 3. The Morgan fingerprint density at radius 1 is 1.05 bits per heavy atom. The Hall–Kier alpha value is -2.13. The molecule has 0 fully saturated rings. The lowest BCUT2D eigenvalue weighted by Gasteiger charge is -2.01. The van der Waals surface area contributed by atoms with Crippen molar-refractivity contribution in [3.05, 3.63) is 71.8 Å². The molecule has 2 heterocycles. The second-order valence-electron chi connectivity index (χ2n) is 4.25. The quantitative estimate of drug-likeness (QED) is 0.680. The smallest absolute Gasteiger partial charge is 0.136 e. The van der Waals surface area contributed by atoms with Gasteiger partial charge in [-0.2, -0.15) is 5.10 Å². The first kappa shape index (κ1) is 11.9. The van der Waals surface area contributed by atoms with Crippen LogP contribution in [0.4, 0.5) is 0 Å². The van der Waals surface area contributed by atoms with Crippen molar-refractivity contribution in [2.75, 3.05) is 0 Å². The van der Waals surface area contributed by atoms with E-state index in [0.717, 1.165) is 17.7 Å². The maximum absolute atomic E-state index is 6.08. The van der Waals surface area contributed by atoms with Gasteiger partial charge in [-0.1, -0.05) is 41.9 Å². The van der Waals surface area contributed by atoms with Crippen LogP contribution in [0.5, 0.6) is 0 Å². The van der Waals surface area contributed by atoms with Crippen molar-refractivity contribution >= 4 is 11.6 Å². The molecule has 0 saturated heterocycles. The van der Waals surface area contributed by atoms with Crippen LogP contribution in [0, 0.1) is 0 Å². The van der Waals surface area contributed by atoms with Crippen molar-refractivity contribution in [2.45, 2.75) is 6.54 Å². The van der Waals surface area contributed by atoms with Crippen LogP contribution in [0.15, 0.2) is 61.1 Å². The fourth-order valence-electron chi connectivity index (χ4n) is 1.96. The highest BCUT2D eigenvalue weighted by molar-refractivity contribution is 6.32. The predicted molar refractivity (Wildman–Crippen MR) is 76.0 cm³/mol. The fraction of sp³-hybridized carbons (Fsp3) is 0.0667. The molecular weight excluding hydrogens is 258 g/mol. The summed E-state index contributed by atoms with van der Waals surface area (Å²) in [7, 11) is 0. The van der Waals surface area contributed by atoms with Crippen LogP contribution in [0.25, 0.3) is 11.1 Å². The third-order valence-corrected chi connectivity index (χ3v) is 3.19. The number of benzene rings is 1. The summed E-state index contributed by atoms with van der Waals surface area (Å²) in [5.74, 6) is 0. The molecule has 0 amide bonds. The number of halogens is 1. The van der Waals surface area contributed by atoms with Crippen molar-refractivity contribution in [1.29, 1.82) is 0 Å². The third kappa shape index (κ3) is 2.66. The second kappa shape index (κ2) is 5.24. The molecule has 0 atom stereocenters. The van der Waals surface area contributed by atoms with Crippen molar-refractivity contribution in [2.24, 2.45) is 0 Å². The first-order valence-corrected chi connectivity index (χ1v) is 6.38. The van der Waals surface area contributed by atoms with Gasteiger partial charge in [0.1, 0.15) is 5.15 Å². The van der Waals surface area contributed by atoms with Gasteiger partial charge in [-0.3, -0.25) is 4.68 Å². The van der Waals surface area contributed by atoms with Gasteiger partial charge in [0.15, 0.2) is 0 Å². The van der Waals surface area contributed by atoms with Gasteiger partial charge < -0.3 is 0 Å². The summed E-state index contributed by atoms with van der Waals surface area (Å²) >= 11 is 6.08. The van der Waals surface area contributed by atoms with Crippen LogP contribution in [0.1, 0.15) is 5.56 Å². The lowest BCUT2D eigenvalue weighted by atomic mass is 10.2. The minimum Gasteiger partial charge on any atom is -0.268 e. The molecule has 4 heteroatoms. The van der Waals surface area contributed by atoms with E-state index in [4.69, 9.17) is 11.6 Å². The monoisotopic (exact) mass is 269 g/mol. The molecule has 0 aliphatic carbocycles. The molecule has 3 aromatic rings. The van der Waals surface area contributed by atoms with E-state index in [2.05, 4.69) is 22.2 Å². The Balaban J connectivity index is 1.86. The van der Waals surface area contributed by atoms with Crippen LogP contribution < -0.4 is 0 Å². The average molecular weight is 270 g/mol. The Kier molecular flexibility index (Phi) is 3.29. The zero-order valence-corrected chi connectivity index (χ0v) is 11.0. The molecule has 1 aromatic carbocycles. The van der Waals surface area contributed by atoms with Crippen LogP contribution in [-0.4, -0.2) is 14.8 Å². The number of hydrogen-bond donors (Lipinski definition) is 0. The topological polar surface area (TPSA) is 30.7 Å². The van der Waals surface area contributed by atoms with Gasteiger partial charge in [-0.25, -0.2) is 4.98 Å². The van der Waals surface area contributed by atoms with Crippen LogP contribution >= 0.6 is 11.6 Å². The molecule has 0 bridgehead atoms. The van der Waals surface area contributed by atoms with E-state index in [1.54, 1.807) is 6.20 Å². The molecule has 3 rings (SSSR count). The first-order valence-electron chi connectivity index (χ1n) is 6.00. The van der Waals surface area contributed by atoms with E-state index in [9.17, 15) is 0 Å². The van der Waals surface area contributed by atoms with E-state index in [-0.39, 0.29) is 0 Å². The van der Waals surface area contributed by atoms with Crippen LogP contribution in [0.2, 0.25) is 5.15 Å². The van der Waals surface area contributed by atoms with E-state index in [0.29, 0.717) is 5.15 Å². The lowest BCUT2D eigenvalue weighted by Crippen LogP contribution is -1.99. The number of aromatic nitrogens is 3. The maximum atomic E-state index is 6.08. The standard InChI is InChI=1S/C15H12ClN3/c16-15-14(7-4-8-17-15)13-9-18-19(11-13)10-12-5-2-1-3-6-12/h1-9,11H,10H2. The van der Waals surface area contributed by atoms with Gasteiger partial charge in [0, 0.05) is 23.5 Å². The molecule has 0 saturated carbocycles. The molecule has 3 nitrogen and oxygen atoms in total. The lowest BCUT2D eigenvalue weighted by molar-refractivity contribution is 0.687. The molecule has 0 spiro atoms. The number of nitrogens with zero attached hydrogens (tertiary/aromatic N) is 3. The molecule has 0 unspecified atom stereocenters. The molecule has 0 aliphatic rings. The van der Waals surface area contributed by atoms with Gasteiger partial charge in [-0.05, 0) is 17.7 Å². The van der Waals surface area contributed by atoms with Crippen molar-refractivity contribution in [1.82, 2.24) is 14.8 Å². The normalized spacial score (nSPS) is 10.6. The summed E-state index contributed by atoms with van der Waals surface area (Å²) in [6.07, 6.45) is 5.47. The van der Waals surface area contributed by atoms with E-state index in [1.165, 1.54) is 5.56 Å². The van der Waals surface area contributed by atoms with E-state index >= 15 is 0 Å². The molecule has 2 aromatic heterocycles. The molecule has 0 N–H and O–H groups in total. The molecular formula is C15H12ClN3. The Morgan fingerprint density at radius 3 is 2.68 bits per heavy atom. The van der Waals surface area contributed by atoms with Gasteiger partial charge in [-0.15, -0.1) is 0 Å². The zero-order chi connectivity index (χ0) is 13.1. The number of hydrogen-bond acceptors (Lipinski definition) is 2. The van der Waals surface area contributed by atoms with E-state index in [1.807, 2.05) is 47.4 Å². The Labute approximate surface area is 116 Å². The first-order chi connectivity index (χ1) is 9.33. The maximum Gasteiger partial charge on any atom is 0.136 e. The Morgan fingerprint density at radius 2 is 1.89 bits per heavy atom. The molecule has 0 radical (unpaired) electrons. The summed E-state index contributed by atoms with van der Waals surface area (Å²) in [6.45, 7) is 0.749. The van der Waals surface area contributed by atoms with E-state index < -0.39 is 0 Å². The minimum atomic E-state index is 0.502. The Bertz CT molecular complexity index is 677. The fourth-order valence-corrected chi connectivity index (χ4v) is 2.19. The summed E-state index contributed by atoms with van der Waals surface area (Å²) in [6, 6.07) is 14.0. The van der Waals surface area contributed by atoms with Gasteiger partial charge >= 0.3 is 0 Å². The average Bonchev–Trinajstić information content (AvgIpc) is 2.89. The summed E-state index contributed by atoms with van der Waals surface area (Å²) < 4.78 is 1.90. The summed E-state index contributed by atoms with van der Waals surface area (Å²) in [4.78, 5) is 4.08. The largest absolute Gasteiger partial charge is 0.268 e. The van der Waals surface area contributed by atoms with Crippen molar-refractivity contribution in [3.8, 4) is 11.1 Å². The highest BCUT2D eigenvalue weighted by atomic mass is 35.5. The SMILES string of the molecule is Clc1ncccc1-c1cnn(Cc2ccccc2)c1. The highest BCUT2D eigenvalue weighted by Gasteiger charge is 2.06. The summed E-state index contributed by atoms with van der Waals surface area (Å²) in [5, 5.41) is 4.86. The molecule has 94 valence electrons. The molecule has 0 aliphatic heterocycles. The summed E-state index contributed by atoms with van der Waals surface area (Å²) in [5.41, 5.74) is 3.10. The predicted octanol–water partition coefficient (Wildman–Crippen LogP) is 3.65. The van der Waals surface area contributed by atoms with Crippen LogP contribution in [0.3, 0.4) is 0 Å². The third-order valence-electron chi connectivity index (χ3n) is 2.89. The van der Waals surface area contributed by atoms with Crippen molar-refractivity contribution in [3.63, 3.8) is 0 Å². The minimum absolute atomic E-state index is 0.502. The van der Waals surface area contributed by atoms with Crippen LogP contribution in [-0.2, 0) is 6.54 Å². The van der Waals surface area contributed by atoms with Crippen molar-refractivity contribution < 1.29 is 0 Å². The molecule has 19 heavy (non-hydrogen) atoms. The second-order valence-corrected chi connectivity index (χ2v) is 4.61.